The molecule has 0 radical (unpaired) electrons. The van der Waals surface area contributed by atoms with E-state index in [9.17, 15) is 0 Å². The molecule has 0 amide bonds. The molecule has 1 rings (SSSR count). The maximum atomic E-state index is 5.86. The maximum Gasteiger partial charge on any atom is 0.122 e. The molecule has 1 unspecified atom stereocenters. The zero-order valence-corrected chi connectivity index (χ0v) is 12.9. The van der Waals surface area contributed by atoms with Crippen molar-refractivity contribution in [3.05, 3.63) is 29.3 Å². The predicted molar refractivity (Wildman–Crippen MR) is 81.7 cm³/mol. The lowest BCUT2D eigenvalue weighted by Gasteiger charge is -2.30. The minimum absolute atomic E-state index is 0.441. The summed E-state index contributed by atoms with van der Waals surface area (Å²) in [5.41, 5.74) is 8.41. The summed E-state index contributed by atoms with van der Waals surface area (Å²) >= 11 is 0. The van der Waals surface area contributed by atoms with E-state index in [0.29, 0.717) is 18.5 Å². The maximum absolute atomic E-state index is 5.86. The summed E-state index contributed by atoms with van der Waals surface area (Å²) in [6.07, 6.45) is 0.991. The molecule has 19 heavy (non-hydrogen) atoms. The van der Waals surface area contributed by atoms with Crippen LogP contribution in [0.15, 0.2) is 18.2 Å². The van der Waals surface area contributed by atoms with Gasteiger partial charge in [-0.05, 0) is 37.9 Å². The van der Waals surface area contributed by atoms with Gasteiger partial charge in [-0.2, -0.15) is 0 Å². The molecule has 0 aliphatic heterocycles. The Morgan fingerprint density at radius 3 is 2.53 bits per heavy atom. The average molecular weight is 264 g/mol. The molecule has 3 heteroatoms. The Morgan fingerprint density at radius 2 is 2.00 bits per heavy atom. The van der Waals surface area contributed by atoms with Gasteiger partial charge in [-0.1, -0.05) is 31.5 Å². The highest BCUT2D eigenvalue weighted by atomic mass is 16.5. The minimum atomic E-state index is 0.441. The zero-order valence-electron chi connectivity index (χ0n) is 12.9. The van der Waals surface area contributed by atoms with Gasteiger partial charge in [0.25, 0.3) is 0 Å². The number of methoxy groups -OCH3 is 1. The highest BCUT2D eigenvalue weighted by molar-refractivity contribution is 5.37. The Hall–Kier alpha value is -1.06. The first-order valence-corrected chi connectivity index (χ1v) is 7.03. The normalized spacial score (nSPS) is 13.1. The van der Waals surface area contributed by atoms with Gasteiger partial charge in [0.05, 0.1) is 7.11 Å². The first kappa shape index (κ1) is 16.0. The largest absolute Gasteiger partial charge is 0.496 e. The summed E-state index contributed by atoms with van der Waals surface area (Å²) < 4.78 is 5.42. The summed E-state index contributed by atoms with van der Waals surface area (Å²) in [6.45, 7) is 8.27. The Labute approximate surface area is 117 Å². The molecular weight excluding hydrogens is 236 g/mol. The van der Waals surface area contributed by atoms with Crippen LogP contribution in [0.2, 0.25) is 0 Å². The van der Waals surface area contributed by atoms with Crippen molar-refractivity contribution >= 4 is 0 Å². The third-order valence-electron chi connectivity index (χ3n) is 3.75. The lowest BCUT2D eigenvalue weighted by Crippen LogP contribution is -2.42. The summed E-state index contributed by atoms with van der Waals surface area (Å²) in [7, 11) is 3.88. The molecule has 1 aromatic carbocycles. The first-order chi connectivity index (χ1) is 8.99. The van der Waals surface area contributed by atoms with Crippen molar-refractivity contribution in [3.63, 3.8) is 0 Å². The number of ether oxygens (including phenoxy) is 1. The van der Waals surface area contributed by atoms with Crippen molar-refractivity contribution in [1.29, 1.82) is 0 Å². The Morgan fingerprint density at radius 1 is 1.32 bits per heavy atom. The van der Waals surface area contributed by atoms with Crippen LogP contribution >= 0.6 is 0 Å². The van der Waals surface area contributed by atoms with E-state index in [0.717, 1.165) is 18.7 Å². The van der Waals surface area contributed by atoms with Crippen molar-refractivity contribution in [2.45, 2.75) is 33.2 Å². The summed E-state index contributed by atoms with van der Waals surface area (Å²) in [4.78, 5) is 2.35. The fourth-order valence-corrected chi connectivity index (χ4v) is 2.53. The number of likely N-dealkylation sites (N-methyl/N-ethyl adjacent to an activating group) is 1. The molecule has 3 nitrogen and oxygen atoms in total. The van der Waals surface area contributed by atoms with Crippen LogP contribution < -0.4 is 10.5 Å². The smallest absolute Gasteiger partial charge is 0.122 e. The van der Waals surface area contributed by atoms with Crippen molar-refractivity contribution in [2.24, 2.45) is 11.7 Å². The number of aryl methyl sites for hydroxylation is 1. The van der Waals surface area contributed by atoms with Crippen LogP contribution in [-0.2, 0) is 6.42 Å². The molecule has 108 valence electrons. The van der Waals surface area contributed by atoms with Crippen LogP contribution in [0.4, 0.5) is 0 Å². The van der Waals surface area contributed by atoms with Crippen LogP contribution in [0.5, 0.6) is 5.75 Å². The molecule has 1 aromatic rings. The van der Waals surface area contributed by atoms with Gasteiger partial charge in [0, 0.05) is 19.1 Å². The average Bonchev–Trinajstić information content (AvgIpc) is 2.37. The highest BCUT2D eigenvalue weighted by Gasteiger charge is 2.17. The van der Waals surface area contributed by atoms with Gasteiger partial charge in [-0.25, -0.2) is 0 Å². The van der Waals surface area contributed by atoms with Crippen molar-refractivity contribution < 1.29 is 4.74 Å². The van der Waals surface area contributed by atoms with E-state index in [4.69, 9.17) is 10.5 Å². The number of benzene rings is 1. The standard InChI is InChI=1S/C16H28N2O/c1-12(2)15(11-17)18(4)9-8-14-10-13(3)6-7-16(14)19-5/h6-7,10,12,15H,8-9,11,17H2,1-5H3. The lowest BCUT2D eigenvalue weighted by atomic mass is 10.0. The van der Waals surface area contributed by atoms with Gasteiger partial charge in [0.1, 0.15) is 5.75 Å². The minimum Gasteiger partial charge on any atom is -0.496 e. The fourth-order valence-electron chi connectivity index (χ4n) is 2.53. The zero-order chi connectivity index (χ0) is 14.4. The van der Waals surface area contributed by atoms with Crippen molar-refractivity contribution in [3.8, 4) is 5.75 Å². The summed E-state index contributed by atoms with van der Waals surface area (Å²) in [5.74, 6) is 1.56. The molecule has 0 heterocycles. The monoisotopic (exact) mass is 264 g/mol. The first-order valence-electron chi connectivity index (χ1n) is 7.03. The fraction of sp³-hybridized carbons (Fsp3) is 0.625. The SMILES string of the molecule is COc1ccc(C)cc1CCN(C)C(CN)C(C)C. The summed E-state index contributed by atoms with van der Waals surface area (Å²) in [5, 5.41) is 0. The Bertz CT molecular complexity index is 390. The number of hydrogen-bond donors (Lipinski definition) is 1. The van der Waals surface area contributed by atoms with Crippen LogP contribution in [0.1, 0.15) is 25.0 Å². The molecular formula is C16H28N2O. The van der Waals surface area contributed by atoms with Crippen molar-refractivity contribution in [2.75, 3.05) is 27.2 Å². The van der Waals surface area contributed by atoms with Crippen LogP contribution in [0.3, 0.4) is 0 Å². The van der Waals surface area contributed by atoms with Gasteiger partial charge in [-0.15, -0.1) is 0 Å². The van der Waals surface area contributed by atoms with Gasteiger partial charge < -0.3 is 15.4 Å². The second-order valence-electron chi connectivity index (χ2n) is 5.59. The second-order valence-corrected chi connectivity index (χ2v) is 5.59. The molecule has 0 fully saturated rings. The van der Waals surface area contributed by atoms with Crippen LogP contribution in [0.25, 0.3) is 0 Å². The van der Waals surface area contributed by atoms with E-state index in [2.05, 4.69) is 44.9 Å². The molecule has 2 N–H and O–H groups in total. The third-order valence-corrected chi connectivity index (χ3v) is 3.75. The van der Waals surface area contributed by atoms with E-state index in [1.807, 2.05) is 6.07 Å². The van der Waals surface area contributed by atoms with Gasteiger partial charge >= 0.3 is 0 Å². The quantitative estimate of drug-likeness (QED) is 0.822. The number of nitrogens with zero attached hydrogens (tertiary/aromatic N) is 1. The van der Waals surface area contributed by atoms with E-state index >= 15 is 0 Å². The van der Waals surface area contributed by atoms with Crippen LogP contribution in [0, 0.1) is 12.8 Å². The van der Waals surface area contributed by atoms with Crippen molar-refractivity contribution in [1.82, 2.24) is 4.90 Å². The highest BCUT2D eigenvalue weighted by Crippen LogP contribution is 2.20. The van der Waals surface area contributed by atoms with E-state index < -0.39 is 0 Å². The second kappa shape index (κ2) is 7.51. The molecule has 0 aliphatic rings. The molecule has 0 spiro atoms. The van der Waals surface area contributed by atoms with Gasteiger partial charge in [0.15, 0.2) is 0 Å². The lowest BCUT2D eigenvalue weighted by molar-refractivity contribution is 0.199. The number of nitrogens with two attached hydrogens (primary N) is 1. The number of hydrogen-bond acceptors (Lipinski definition) is 3. The van der Waals surface area contributed by atoms with E-state index in [1.165, 1.54) is 11.1 Å². The van der Waals surface area contributed by atoms with Gasteiger partial charge in [0.2, 0.25) is 0 Å². The third kappa shape index (κ3) is 4.51. The van der Waals surface area contributed by atoms with E-state index in [-0.39, 0.29) is 0 Å². The molecule has 0 aromatic heterocycles. The Balaban J connectivity index is 2.68. The molecule has 0 bridgehead atoms. The van der Waals surface area contributed by atoms with E-state index in [1.54, 1.807) is 7.11 Å². The number of rotatable bonds is 7. The predicted octanol–water partition coefficient (Wildman–Crippen LogP) is 2.46. The summed E-state index contributed by atoms with van der Waals surface area (Å²) in [6, 6.07) is 6.78. The molecule has 1 atom stereocenters. The van der Waals surface area contributed by atoms with Gasteiger partial charge in [-0.3, -0.25) is 0 Å². The Kier molecular flexibility index (Phi) is 6.32. The van der Waals surface area contributed by atoms with Crippen LogP contribution in [-0.4, -0.2) is 38.2 Å². The molecule has 0 saturated heterocycles. The molecule has 0 aliphatic carbocycles. The molecule has 0 saturated carbocycles. The topological polar surface area (TPSA) is 38.5 Å².